The lowest BCUT2D eigenvalue weighted by molar-refractivity contribution is 0.158. The van der Waals surface area contributed by atoms with Crippen molar-refractivity contribution in [3.8, 4) is 0 Å². The van der Waals surface area contributed by atoms with Crippen LogP contribution in [0.15, 0.2) is 11.0 Å². The summed E-state index contributed by atoms with van der Waals surface area (Å²) in [6.07, 6.45) is 6.41. The predicted molar refractivity (Wildman–Crippen MR) is 69.3 cm³/mol. The van der Waals surface area contributed by atoms with Crippen LogP contribution in [0.1, 0.15) is 43.0 Å². The molecule has 1 aromatic heterocycles. The highest BCUT2D eigenvalue weighted by atomic mass is 16.1. The molecule has 0 aliphatic carbocycles. The first kappa shape index (κ1) is 11.9. The minimum Gasteiger partial charge on any atom is -0.326 e. The third-order valence-corrected chi connectivity index (χ3v) is 4.60. The molecule has 1 aromatic rings. The zero-order chi connectivity index (χ0) is 12.7. The summed E-state index contributed by atoms with van der Waals surface area (Å²) < 4.78 is 0. The van der Waals surface area contributed by atoms with Gasteiger partial charge in [0.1, 0.15) is 5.82 Å². The van der Waals surface area contributed by atoms with Crippen molar-refractivity contribution >= 4 is 0 Å². The minimum absolute atomic E-state index is 0.0752. The van der Waals surface area contributed by atoms with Gasteiger partial charge < -0.3 is 15.6 Å². The van der Waals surface area contributed by atoms with Gasteiger partial charge in [0.05, 0.1) is 0 Å². The maximum Gasteiger partial charge on any atom is 0.255 e. The maximum atomic E-state index is 11.8. The number of rotatable bonds is 2. The zero-order valence-corrected chi connectivity index (χ0v) is 10.7. The van der Waals surface area contributed by atoms with E-state index in [2.05, 4.69) is 21.9 Å². The molecule has 3 rings (SSSR count). The number of hydrogen-bond donors (Lipinski definition) is 2. The molecular formula is C13H20N4O. The first-order valence-corrected chi connectivity index (χ1v) is 6.69. The van der Waals surface area contributed by atoms with E-state index in [0.29, 0.717) is 23.6 Å². The van der Waals surface area contributed by atoms with Crippen molar-refractivity contribution in [1.29, 1.82) is 0 Å². The first-order valence-electron chi connectivity index (χ1n) is 6.69. The summed E-state index contributed by atoms with van der Waals surface area (Å²) in [6.45, 7) is 0.251. The number of aromatic amines is 1. The summed E-state index contributed by atoms with van der Waals surface area (Å²) >= 11 is 0. The van der Waals surface area contributed by atoms with Gasteiger partial charge in [-0.1, -0.05) is 0 Å². The van der Waals surface area contributed by atoms with E-state index in [1.54, 1.807) is 6.20 Å². The van der Waals surface area contributed by atoms with E-state index in [4.69, 9.17) is 5.73 Å². The Morgan fingerprint density at radius 2 is 2.11 bits per heavy atom. The molecule has 0 aromatic carbocycles. The molecule has 0 amide bonds. The van der Waals surface area contributed by atoms with E-state index in [9.17, 15) is 4.79 Å². The highest BCUT2D eigenvalue weighted by Crippen LogP contribution is 2.40. The molecule has 2 fully saturated rings. The topological polar surface area (TPSA) is 75.0 Å². The lowest BCUT2D eigenvalue weighted by Crippen LogP contribution is -2.39. The number of H-pyrrole nitrogens is 1. The van der Waals surface area contributed by atoms with E-state index in [-0.39, 0.29) is 12.1 Å². The summed E-state index contributed by atoms with van der Waals surface area (Å²) in [7, 11) is 2.21. The van der Waals surface area contributed by atoms with Gasteiger partial charge >= 0.3 is 0 Å². The van der Waals surface area contributed by atoms with E-state index in [1.807, 2.05) is 0 Å². The van der Waals surface area contributed by atoms with Gasteiger partial charge in [-0.3, -0.25) is 4.79 Å². The van der Waals surface area contributed by atoms with Crippen LogP contribution in [0.3, 0.4) is 0 Å². The van der Waals surface area contributed by atoms with E-state index >= 15 is 0 Å². The summed E-state index contributed by atoms with van der Waals surface area (Å²) in [4.78, 5) is 21.6. The SMILES string of the molecule is CN1C2CCC1CC(c1ncc(CN)c(=O)[nH]1)C2. The Balaban J connectivity index is 1.84. The van der Waals surface area contributed by atoms with Crippen molar-refractivity contribution in [2.24, 2.45) is 5.73 Å². The molecule has 0 radical (unpaired) electrons. The first-order chi connectivity index (χ1) is 8.69. The number of hydrogen-bond acceptors (Lipinski definition) is 4. The number of piperidine rings is 1. The van der Waals surface area contributed by atoms with Gasteiger partial charge in [-0.2, -0.15) is 0 Å². The molecule has 3 N–H and O–H groups in total. The largest absolute Gasteiger partial charge is 0.326 e. The highest BCUT2D eigenvalue weighted by Gasteiger charge is 2.39. The van der Waals surface area contributed by atoms with Crippen molar-refractivity contribution < 1.29 is 0 Å². The van der Waals surface area contributed by atoms with Gasteiger partial charge in [0.15, 0.2) is 0 Å². The van der Waals surface area contributed by atoms with E-state index in [1.165, 1.54) is 12.8 Å². The number of nitrogens with zero attached hydrogens (tertiary/aromatic N) is 2. The molecule has 5 nitrogen and oxygen atoms in total. The molecule has 2 aliphatic rings. The van der Waals surface area contributed by atoms with Crippen LogP contribution in [0.4, 0.5) is 0 Å². The lowest BCUT2D eigenvalue weighted by atomic mass is 9.90. The fraction of sp³-hybridized carbons (Fsp3) is 0.692. The van der Waals surface area contributed by atoms with Crippen LogP contribution in [0.2, 0.25) is 0 Å². The average molecular weight is 248 g/mol. The van der Waals surface area contributed by atoms with Crippen LogP contribution in [0.25, 0.3) is 0 Å². The van der Waals surface area contributed by atoms with Gasteiger partial charge in [0.2, 0.25) is 0 Å². The van der Waals surface area contributed by atoms with Crippen molar-refractivity contribution in [2.45, 2.75) is 50.2 Å². The lowest BCUT2D eigenvalue weighted by Gasteiger charge is -2.35. The second kappa shape index (κ2) is 4.48. The Morgan fingerprint density at radius 3 is 2.67 bits per heavy atom. The Bertz CT molecular complexity index is 484. The van der Waals surface area contributed by atoms with Crippen LogP contribution in [0, 0.1) is 0 Å². The monoisotopic (exact) mass is 248 g/mol. The van der Waals surface area contributed by atoms with Crippen LogP contribution >= 0.6 is 0 Å². The normalized spacial score (nSPS) is 31.8. The van der Waals surface area contributed by atoms with Crippen LogP contribution in [-0.2, 0) is 6.54 Å². The summed E-state index contributed by atoms with van der Waals surface area (Å²) in [5, 5.41) is 0. The van der Waals surface area contributed by atoms with Crippen molar-refractivity contribution in [3.05, 3.63) is 27.9 Å². The molecule has 0 saturated carbocycles. The Labute approximate surface area is 106 Å². The summed E-state index contributed by atoms with van der Waals surface area (Å²) in [5.74, 6) is 1.25. The molecule has 98 valence electrons. The Morgan fingerprint density at radius 1 is 1.44 bits per heavy atom. The van der Waals surface area contributed by atoms with Gasteiger partial charge in [-0.15, -0.1) is 0 Å². The van der Waals surface area contributed by atoms with Gasteiger partial charge in [0.25, 0.3) is 5.56 Å². The molecule has 3 heterocycles. The van der Waals surface area contributed by atoms with Crippen molar-refractivity contribution in [1.82, 2.24) is 14.9 Å². The molecule has 2 saturated heterocycles. The molecule has 2 atom stereocenters. The standard InChI is InChI=1S/C13H20N4O/c1-17-10-2-3-11(17)5-8(4-10)12-15-7-9(6-14)13(18)16-12/h7-8,10-11H,2-6,14H2,1H3,(H,15,16,18). The molecular weight excluding hydrogens is 228 g/mol. The Kier molecular flexibility index (Phi) is 2.95. The van der Waals surface area contributed by atoms with Gasteiger partial charge in [-0.25, -0.2) is 4.98 Å². The summed E-state index contributed by atoms with van der Waals surface area (Å²) in [5.41, 5.74) is 5.97. The predicted octanol–water partition coefficient (Wildman–Crippen LogP) is 0.569. The summed E-state index contributed by atoms with van der Waals surface area (Å²) in [6, 6.07) is 1.32. The zero-order valence-electron chi connectivity index (χ0n) is 10.7. The van der Waals surface area contributed by atoms with E-state index < -0.39 is 0 Å². The van der Waals surface area contributed by atoms with Gasteiger partial charge in [0, 0.05) is 36.3 Å². The third-order valence-electron chi connectivity index (χ3n) is 4.60. The highest BCUT2D eigenvalue weighted by molar-refractivity contribution is 5.10. The molecule has 2 bridgehead atoms. The third kappa shape index (κ3) is 1.87. The van der Waals surface area contributed by atoms with Crippen molar-refractivity contribution in [2.75, 3.05) is 7.05 Å². The second-order valence-corrected chi connectivity index (χ2v) is 5.55. The number of fused-ring (bicyclic) bond motifs is 2. The van der Waals surface area contributed by atoms with Crippen molar-refractivity contribution in [3.63, 3.8) is 0 Å². The van der Waals surface area contributed by atoms with Crippen LogP contribution in [0.5, 0.6) is 0 Å². The van der Waals surface area contributed by atoms with Crippen LogP contribution in [-0.4, -0.2) is 34.0 Å². The molecule has 2 aliphatic heterocycles. The average Bonchev–Trinajstić information content (AvgIpc) is 2.61. The molecule has 18 heavy (non-hydrogen) atoms. The Hall–Kier alpha value is -1.20. The number of aromatic nitrogens is 2. The molecule has 2 unspecified atom stereocenters. The fourth-order valence-electron chi connectivity index (χ4n) is 3.42. The fourth-order valence-corrected chi connectivity index (χ4v) is 3.42. The number of nitrogens with one attached hydrogen (secondary N) is 1. The van der Waals surface area contributed by atoms with Gasteiger partial charge in [-0.05, 0) is 32.7 Å². The molecule has 0 spiro atoms. The van der Waals surface area contributed by atoms with Crippen LogP contribution < -0.4 is 11.3 Å². The maximum absolute atomic E-state index is 11.8. The smallest absolute Gasteiger partial charge is 0.255 e. The minimum atomic E-state index is -0.0752. The molecule has 5 heteroatoms. The second-order valence-electron chi connectivity index (χ2n) is 5.55. The quantitative estimate of drug-likeness (QED) is 0.802. The van der Waals surface area contributed by atoms with E-state index in [0.717, 1.165) is 18.7 Å². The number of nitrogens with two attached hydrogens (primary N) is 1.